The zero-order valence-electron chi connectivity index (χ0n) is 38.7. The van der Waals surface area contributed by atoms with Crippen molar-refractivity contribution in [1.82, 2.24) is 0 Å². The number of rotatable bonds is 42. The molecule has 0 bridgehead atoms. The molecule has 338 valence electrons. The lowest BCUT2D eigenvalue weighted by atomic mass is 10.1. The molecule has 0 radical (unpaired) electrons. The van der Waals surface area contributed by atoms with Gasteiger partial charge in [0.25, 0.3) is 0 Å². The third-order valence-electron chi connectivity index (χ3n) is 9.46. The molecule has 0 aliphatic rings. The molecular weight excluding hydrogens is 741 g/mol. The van der Waals surface area contributed by atoms with Gasteiger partial charge in [0.1, 0.15) is 6.61 Å². The Bertz CT molecular complexity index is 1260. The van der Waals surface area contributed by atoms with E-state index in [-0.39, 0.29) is 25.2 Å². The van der Waals surface area contributed by atoms with E-state index in [2.05, 4.69) is 142 Å². The summed E-state index contributed by atoms with van der Waals surface area (Å²) in [5.41, 5.74) is 0. The number of allylic oxidation sites excluding steroid dienone is 20. The van der Waals surface area contributed by atoms with Crippen LogP contribution in [0, 0.1) is 0 Å². The molecule has 0 heterocycles. The average molecular weight is 829 g/mol. The molecule has 1 atom stereocenters. The van der Waals surface area contributed by atoms with Crippen LogP contribution in [0.1, 0.15) is 188 Å². The van der Waals surface area contributed by atoms with Gasteiger partial charge in [-0.05, 0) is 116 Å². The van der Waals surface area contributed by atoms with Crippen molar-refractivity contribution in [1.29, 1.82) is 0 Å². The standard InChI is InChI=1S/C55H88O5/c1-4-7-10-13-16-19-22-24-25-26-27-28-29-30-32-35-38-41-44-47-50-58-51-53(60-55(57)49-46-43-40-37-33-21-18-15-12-9-6-3)52-59-54(56)48-45-42-39-36-34-31-23-20-17-14-11-8-5-2/h7-8,10-11,15-20,24-25,27-28,30-32,34,38,41,53H,4-6,9,12-14,21-23,26,29,33,35-37,39-40,42-52H2,1-3H3/b10-7-,11-8-,18-15-,19-16-,20-17-,25-24-,28-27-,32-30-,34-31-,41-38-. The number of carbonyl (C=O) groups is 2. The Balaban J connectivity index is 4.42. The van der Waals surface area contributed by atoms with Crippen molar-refractivity contribution < 1.29 is 23.8 Å². The van der Waals surface area contributed by atoms with Crippen molar-refractivity contribution in [3.63, 3.8) is 0 Å². The molecule has 0 saturated heterocycles. The maximum Gasteiger partial charge on any atom is 0.306 e. The van der Waals surface area contributed by atoms with Crippen molar-refractivity contribution in [3.05, 3.63) is 122 Å². The van der Waals surface area contributed by atoms with E-state index in [0.29, 0.717) is 19.4 Å². The molecule has 1 unspecified atom stereocenters. The van der Waals surface area contributed by atoms with Crippen molar-refractivity contribution in [2.75, 3.05) is 19.8 Å². The number of hydrogen-bond donors (Lipinski definition) is 0. The lowest BCUT2D eigenvalue weighted by Gasteiger charge is -2.18. The highest BCUT2D eigenvalue weighted by Crippen LogP contribution is 2.11. The highest BCUT2D eigenvalue weighted by molar-refractivity contribution is 5.70. The van der Waals surface area contributed by atoms with Crippen LogP contribution in [0.2, 0.25) is 0 Å². The first kappa shape index (κ1) is 56.3. The molecule has 0 aliphatic carbocycles. The number of carbonyl (C=O) groups excluding carboxylic acids is 2. The largest absolute Gasteiger partial charge is 0.462 e. The van der Waals surface area contributed by atoms with Crippen LogP contribution in [0.4, 0.5) is 0 Å². The molecule has 60 heavy (non-hydrogen) atoms. The fourth-order valence-electron chi connectivity index (χ4n) is 5.93. The summed E-state index contributed by atoms with van der Waals surface area (Å²) in [6.07, 6.45) is 69.3. The van der Waals surface area contributed by atoms with Crippen LogP contribution in [0.25, 0.3) is 0 Å². The third kappa shape index (κ3) is 47.0. The minimum atomic E-state index is -0.589. The summed E-state index contributed by atoms with van der Waals surface area (Å²) in [6.45, 7) is 7.35. The second-order valence-electron chi connectivity index (χ2n) is 15.2. The molecule has 0 amide bonds. The van der Waals surface area contributed by atoms with Gasteiger partial charge >= 0.3 is 11.9 Å². The SMILES string of the molecule is CC/C=C\C/C=C\C/C=C\C/C=C\C/C=C\C/C=C\CCCOCC(COC(=O)CCCCC/C=C\C/C=C\C/C=C\CC)OC(=O)CCCCCCC/C=C\CCCC. The summed E-state index contributed by atoms with van der Waals surface area (Å²) in [7, 11) is 0. The molecule has 5 nitrogen and oxygen atoms in total. The predicted octanol–water partition coefficient (Wildman–Crippen LogP) is 16.2. The Morgan fingerprint density at radius 2 is 0.750 bits per heavy atom. The van der Waals surface area contributed by atoms with Crippen LogP contribution in [0.15, 0.2) is 122 Å². The van der Waals surface area contributed by atoms with Crippen LogP contribution < -0.4 is 0 Å². The normalized spacial score (nSPS) is 13.3. The molecule has 0 aromatic heterocycles. The molecule has 0 spiro atoms. The van der Waals surface area contributed by atoms with Crippen molar-refractivity contribution >= 4 is 11.9 Å². The monoisotopic (exact) mass is 829 g/mol. The summed E-state index contributed by atoms with van der Waals surface area (Å²) >= 11 is 0. The molecule has 0 N–H and O–H groups in total. The third-order valence-corrected chi connectivity index (χ3v) is 9.46. The summed E-state index contributed by atoms with van der Waals surface area (Å²) < 4.78 is 17.2. The van der Waals surface area contributed by atoms with Gasteiger partial charge in [0.15, 0.2) is 6.10 Å². The highest BCUT2D eigenvalue weighted by Gasteiger charge is 2.17. The van der Waals surface area contributed by atoms with E-state index in [1.165, 1.54) is 32.1 Å². The quantitative estimate of drug-likeness (QED) is 0.0348. The molecular formula is C55H88O5. The summed E-state index contributed by atoms with van der Waals surface area (Å²) in [5.74, 6) is -0.486. The van der Waals surface area contributed by atoms with Crippen LogP contribution >= 0.6 is 0 Å². The molecule has 0 aliphatic heterocycles. The molecule has 0 aromatic carbocycles. The minimum absolute atomic E-state index is 0.0357. The first-order chi connectivity index (χ1) is 29.6. The zero-order chi connectivity index (χ0) is 43.5. The maximum absolute atomic E-state index is 12.7. The minimum Gasteiger partial charge on any atom is -0.462 e. The average Bonchev–Trinajstić information content (AvgIpc) is 3.25. The van der Waals surface area contributed by atoms with Gasteiger partial charge in [0, 0.05) is 19.4 Å². The van der Waals surface area contributed by atoms with E-state index in [1.54, 1.807) is 0 Å². The van der Waals surface area contributed by atoms with Gasteiger partial charge in [0.05, 0.1) is 6.61 Å². The topological polar surface area (TPSA) is 61.8 Å². The fourth-order valence-corrected chi connectivity index (χ4v) is 5.93. The summed E-state index contributed by atoms with van der Waals surface area (Å²) in [4.78, 5) is 25.3. The molecule has 0 saturated carbocycles. The van der Waals surface area contributed by atoms with E-state index < -0.39 is 6.10 Å². The van der Waals surface area contributed by atoms with Gasteiger partial charge in [-0.1, -0.05) is 181 Å². The Morgan fingerprint density at radius 1 is 0.383 bits per heavy atom. The second kappa shape index (κ2) is 49.7. The number of hydrogen-bond acceptors (Lipinski definition) is 5. The lowest BCUT2D eigenvalue weighted by Crippen LogP contribution is -2.30. The van der Waals surface area contributed by atoms with Crippen LogP contribution in [0.3, 0.4) is 0 Å². The van der Waals surface area contributed by atoms with Gasteiger partial charge in [-0.3, -0.25) is 9.59 Å². The van der Waals surface area contributed by atoms with Gasteiger partial charge in [-0.2, -0.15) is 0 Å². The zero-order valence-corrected chi connectivity index (χ0v) is 38.7. The summed E-state index contributed by atoms with van der Waals surface area (Å²) in [5, 5.41) is 0. The highest BCUT2D eigenvalue weighted by atomic mass is 16.6. The van der Waals surface area contributed by atoms with E-state index in [9.17, 15) is 9.59 Å². The van der Waals surface area contributed by atoms with Crippen LogP contribution in [-0.4, -0.2) is 37.9 Å². The van der Waals surface area contributed by atoms with E-state index in [0.717, 1.165) is 122 Å². The van der Waals surface area contributed by atoms with E-state index in [4.69, 9.17) is 14.2 Å². The van der Waals surface area contributed by atoms with Crippen molar-refractivity contribution in [2.45, 2.75) is 194 Å². The molecule has 0 fully saturated rings. The first-order valence-corrected chi connectivity index (χ1v) is 24.1. The second-order valence-corrected chi connectivity index (χ2v) is 15.2. The molecule has 0 aromatic rings. The van der Waals surface area contributed by atoms with Gasteiger partial charge in [-0.15, -0.1) is 0 Å². The lowest BCUT2D eigenvalue weighted by molar-refractivity contribution is -0.163. The summed E-state index contributed by atoms with van der Waals surface area (Å²) in [6, 6.07) is 0. The predicted molar refractivity (Wildman–Crippen MR) is 260 cm³/mol. The smallest absolute Gasteiger partial charge is 0.306 e. The maximum atomic E-state index is 12.7. The van der Waals surface area contributed by atoms with Gasteiger partial charge in [-0.25, -0.2) is 0 Å². The Kier molecular flexibility index (Phi) is 46.6. The Morgan fingerprint density at radius 3 is 1.23 bits per heavy atom. The van der Waals surface area contributed by atoms with Gasteiger partial charge in [0.2, 0.25) is 0 Å². The molecule has 0 rings (SSSR count). The number of unbranched alkanes of at least 4 members (excludes halogenated alkanes) is 11. The van der Waals surface area contributed by atoms with Crippen molar-refractivity contribution in [3.8, 4) is 0 Å². The van der Waals surface area contributed by atoms with Crippen molar-refractivity contribution in [2.24, 2.45) is 0 Å². The van der Waals surface area contributed by atoms with Gasteiger partial charge < -0.3 is 14.2 Å². The fraction of sp³-hybridized carbons (Fsp3) is 0.600. The Labute approximate surface area is 369 Å². The van der Waals surface area contributed by atoms with Crippen LogP contribution in [-0.2, 0) is 23.8 Å². The number of esters is 2. The molecule has 5 heteroatoms. The Hall–Kier alpha value is -3.70. The van der Waals surface area contributed by atoms with E-state index in [1.807, 2.05) is 0 Å². The van der Waals surface area contributed by atoms with E-state index >= 15 is 0 Å². The van der Waals surface area contributed by atoms with Crippen LogP contribution in [0.5, 0.6) is 0 Å². The first-order valence-electron chi connectivity index (χ1n) is 24.1. The number of ether oxygens (including phenoxy) is 3.